The average molecular weight is 286 g/mol. The van der Waals surface area contributed by atoms with E-state index in [1.165, 1.54) is 0 Å². The molecule has 5 heteroatoms. The lowest BCUT2D eigenvalue weighted by Gasteiger charge is -2.21. The summed E-state index contributed by atoms with van der Waals surface area (Å²) >= 11 is 0. The second kappa shape index (κ2) is 9.61. The summed E-state index contributed by atoms with van der Waals surface area (Å²) in [5.74, 6) is 0.398. The van der Waals surface area contributed by atoms with E-state index in [2.05, 4.69) is 38.3 Å². The number of carbonyl (C=O) groups excluding carboxylic acids is 1. The molecule has 2 amide bonds. The van der Waals surface area contributed by atoms with E-state index in [0.29, 0.717) is 30.7 Å². The zero-order valence-corrected chi connectivity index (χ0v) is 13.4. The van der Waals surface area contributed by atoms with Crippen LogP contribution < -0.4 is 10.6 Å². The van der Waals surface area contributed by atoms with E-state index in [9.17, 15) is 9.59 Å². The molecule has 2 unspecified atom stereocenters. The van der Waals surface area contributed by atoms with Crippen LogP contribution in [-0.4, -0.2) is 29.7 Å². The lowest BCUT2D eigenvalue weighted by molar-refractivity contribution is -0.137. The number of hydrogen-bond acceptors (Lipinski definition) is 2. The maximum absolute atomic E-state index is 11.7. The maximum Gasteiger partial charge on any atom is 0.315 e. The van der Waals surface area contributed by atoms with Gasteiger partial charge in [-0.3, -0.25) is 4.79 Å². The van der Waals surface area contributed by atoms with Crippen molar-refractivity contribution in [2.45, 2.75) is 59.9 Å². The van der Waals surface area contributed by atoms with E-state index in [1.807, 2.05) is 6.92 Å². The maximum atomic E-state index is 11.7. The van der Waals surface area contributed by atoms with Crippen molar-refractivity contribution in [2.75, 3.05) is 6.54 Å². The van der Waals surface area contributed by atoms with E-state index in [4.69, 9.17) is 5.11 Å². The van der Waals surface area contributed by atoms with Crippen LogP contribution in [0.25, 0.3) is 0 Å². The number of nitrogens with one attached hydrogen (secondary N) is 2. The number of carbonyl (C=O) groups is 2. The molecule has 2 atom stereocenters. The number of aliphatic carboxylic acids is 1. The van der Waals surface area contributed by atoms with Crippen LogP contribution in [0, 0.1) is 17.8 Å². The lowest BCUT2D eigenvalue weighted by Crippen LogP contribution is -2.43. The van der Waals surface area contributed by atoms with Gasteiger partial charge in [0.1, 0.15) is 0 Å². The van der Waals surface area contributed by atoms with Gasteiger partial charge in [-0.2, -0.15) is 0 Å². The van der Waals surface area contributed by atoms with Crippen LogP contribution in [0.15, 0.2) is 0 Å². The molecule has 3 N–H and O–H groups in total. The largest absolute Gasteiger partial charge is 0.481 e. The Labute approximate surface area is 122 Å². The summed E-state index contributed by atoms with van der Waals surface area (Å²) in [5, 5.41) is 14.5. The van der Waals surface area contributed by atoms with Gasteiger partial charge in [0.25, 0.3) is 0 Å². The molecule has 0 saturated carbocycles. The zero-order valence-electron chi connectivity index (χ0n) is 13.4. The molecule has 0 aliphatic rings. The molecule has 0 fully saturated rings. The predicted molar refractivity (Wildman–Crippen MR) is 80.6 cm³/mol. The number of amides is 2. The van der Waals surface area contributed by atoms with Gasteiger partial charge >= 0.3 is 12.0 Å². The molecule has 0 rings (SSSR count). The van der Waals surface area contributed by atoms with Gasteiger partial charge in [-0.05, 0) is 37.5 Å². The fraction of sp³-hybridized carbons (Fsp3) is 0.867. The molecule has 0 saturated heterocycles. The Morgan fingerprint density at radius 3 is 2.05 bits per heavy atom. The number of rotatable bonds is 9. The van der Waals surface area contributed by atoms with E-state index in [0.717, 1.165) is 6.42 Å². The van der Waals surface area contributed by atoms with Gasteiger partial charge in [-0.1, -0.05) is 27.7 Å². The normalized spacial score (nSPS) is 14.2. The minimum Gasteiger partial charge on any atom is -0.481 e. The van der Waals surface area contributed by atoms with E-state index in [1.54, 1.807) is 0 Å². The first kappa shape index (κ1) is 18.7. The first-order valence-electron chi connectivity index (χ1n) is 7.50. The van der Waals surface area contributed by atoms with Gasteiger partial charge < -0.3 is 15.7 Å². The highest BCUT2D eigenvalue weighted by Crippen LogP contribution is 2.20. The minimum absolute atomic E-state index is 0.142. The Bertz CT molecular complexity index is 303. The fourth-order valence-electron chi connectivity index (χ4n) is 1.92. The predicted octanol–water partition coefficient (Wildman–Crippen LogP) is 2.86. The highest BCUT2D eigenvalue weighted by Gasteiger charge is 2.16. The van der Waals surface area contributed by atoms with Gasteiger partial charge in [0, 0.05) is 19.0 Å². The molecule has 0 aliphatic heterocycles. The summed E-state index contributed by atoms with van der Waals surface area (Å²) in [7, 11) is 0. The molecule has 0 radical (unpaired) electrons. The highest BCUT2D eigenvalue weighted by atomic mass is 16.4. The molecule has 0 aromatic rings. The molecule has 0 aromatic carbocycles. The first-order chi connectivity index (χ1) is 9.23. The minimum atomic E-state index is -0.757. The number of carboxylic acids is 1. The van der Waals surface area contributed by atoms with Crippen molar-refractivity contribution >= 4 is 12.0 Å². The second-order valence-electron chi connectivity index (χ2n) is 6.16. The van der Waals surface area contributed by atoms with Crippen LogP contribution in [0.4, 0.5) is 4.79 Å². The summed E-state index contributed by atoms with van der Waals surface area (Å²) < 4.78 is 0. The monoisotopic (exact) mass is 286 g/mol. The molecule has 0 spiro atoms. The Hall–Kier alpha value is -1.26. The third-order valence-corrected chi connectivity index (χ3v) is 3.83. The van der Waals surface area contributed by atoms with Gasteiger partial charge in [0.05, 0.1) is 0 Å². The Morgan fingerprint density at radius 1 is 1.00 bits per heavy atom. The first-order valence-corrected chi connectivity index (χ1v) is 7.50. The van der Waals surface area contributed by atoms with Crippen LogP contribution in [-0.2, 0) is 4.79 Å². The van der Waals surface area contributed by atoms with Crippen LogP contribution in [0.1, 0.15) is 53.9 Å². The SMILES string of the molecule is CC(C)C(CCNC(=O)NC(C)C(C)C)CCC(=O)O. The van der Waals surface area contributed by atoms with Gasteiger partial charge in [0.2, 0.25) is 0 Å². The van der Waals surface area contributed by atoms with Gasteiger partial charge in [-0.15, -0.1) is 0 Å². The zero-order chi connectivity index (χ0) is 15.7. The van der Waals surface area contributed by atoms with Crippen molar-refractivity contribution in [3.05, 3.63) is 0 Å². The van der Waals surface area contributed by atoms with E-state index < -0.39 is 5.97 Å². The van der Waals surface area contributed by atoms with Crippen molar-refractivity contribution in [1.29, 1.82) is 0 Å². The smallest absolute Gasteiger partial charge is 0.315 e. The van der Waals surface area contributed by atoms with Crippen molar-refractivity contribution in [3.63, 3.8) is 0 Å². The summed E-state index contributed by atoms with van der Waals surface area (Å²) in [5.41, 5.74) is 0. The van der Waals surface area contributed by atoms with Crippen molar-refractivity contribution in [2.24, 2.45) is 17.8 Å². The van der Waals surface area contributed by atoms with Crippen LogP contribution >= 0.6 is 0 Å². The standard InChI is InChI=1S/C15H30N2O3/c1-10(2)12(5)17-15(20)16-9-8-13(11(3)4)6-7-14(18)19/h10-13H,6-9H2,1-5H3,(H,18,19)(H2,16,17,20). The number of hydrogen-bond donors (Lipinski definition) is 3. The summed E-state index contributed by atoms with van der Waals surface area (Å²) in [6.45, 7) is 10.9. The third kappa shape index (κ3) is 8.77. The number of carboxylic acid groups (broad SMARTS) is 1. The molecular formula is C15H30N2O3. The quantitative estimate of drug-likeness (QED) is 0.610. The third-order valence-electron chi connectivity index (χ3n) is 3.83. The van der Waals surface area contributed by atoms with Crippen molar-refractivity contribution in [3.8, 4) is 0 Å². The van der Waals surface area contributed by atoms with Crippen LogP contribution in [0.3, 0.4) is 0 Å². The molecule has 20 heavy (non-hydrogen) atoms. The Kier molecular flexibility index (Phi) is 9.01. The highest BCUT2D eigenvalue weighted by molar-refractivity contribution is 5.74. The molecule has 5 nitrogen and oxygen atoms in total. The topological polar surface area (TPSA) is 78.4 Å². The fourth-order valence-corrected chi connectivity index (χ4v) is 1.92. The second-order valence-corrected chi connectivity index (χ2v) is 6.16. The average Bonchev–Trinajstić information content (AvgIpc) is 2.32. The molecule has 118 valence electrons. The summed E-state index contributed by atoms with van der Waals surface area (Å²) in [4.78, 5) is 22.3. The van der Waals surface area contributed by atoms with E-state index in [-0.39, 0.29) is 18.5 Å². The molecular weight excluding hydrogens is 256 g/mol. The van der Waals surface area contributed by atoms with Crippen LogP contribution in [0.5, 0.6) is 0 Å². The van der Waals surface area contributed by atoms with Crippen molar-refractivity contribution in [1.82, 2.24) is 10.6 Å². The van der Waals surface area contributed by atoms with Gasteiger partial charge in [-0.25, -0.2) is 4.79 Å². The summed E-state index contributed by atoms with van der Waals surface area (Å²) in [6.07, 6.45) is 1.67. The van der Waals surface area contributed by atoms with Gasteiger partial charge in [0.15, 0.2) is 0 Å². The van der Waals surface area contributed by atoms with Crippen molar-refractivity contribution < 1.29 is 14.7 Å². The van der Waals surface area contributed by atoms with Crippen LogP contribution in [0.2, 0.25) is 0 Å². The van der Waals surface area contributed by atoms with E-state index >= 15 is 0 Å². The Balaban J connectivity index is 3.99. The Morgan fingerprint density at radius 2 is 1.60 bits per heavy atom. The summed E-state index contributed by atoms with van der Waals surface area (Å²) in [6, 6.07) is -0.00477. The molecule has 0 aliphatic carbocycles. The number of urea groups is 1. The molecule has 0 bridgehead atoms. The molecule has 0 aromatic heterocycles. The lowest BCUT2D eigenvalue weighted by atomic mass is 9.88. The molecule has 0 heterocycles.